The van der Waals surface area contributed by atoms with Gasteiger partial charge in [-0.25, -0.2) is 18.8 Å². The van der Waals surface area contributed by atoms with Crippen LogP contribution >= 0.6 is 23.1 Å². The van der Waals surface area contributed by atoms with E-state index >= 15 is 4.39 Å². The Labute approximate surface area is 296 Å². The molecule has 0 amide bonds. The van der Waals surface area contributed by atoms with Crippen LogP contribution in [0.2, 0.25) is 5.04 Å². The fraction of sp³-hybridized carbons (Fsp3) is 0.282. The van der Waals surface area contributed by atoms with Gasteiger partial charge in [-0.15, -0.1) is 0 Å². The van der Waals surface area contributed by atoms with E-state index in [0.29, 0.717) is 18.1 Å². The van der Waals surface area contributed by atoms with Gasteiger partial charge in [0, 0.05) is 43.0 Å². The molecule has 10 heteroatoms. The first-order valence-electron chi connectivity index (χ1n) is 16.6. The SMILES string of the molecule is CN1CCc2nc(N3N=C(c4cc(F)ccc4F)SC3(CCO[Si](c3ccccc3)(c3ccccc3)C(C)(C)C)c3ccccc3)sc2C1. The normalized spacial score (nSPS) is 18.4. The van der Waals surface area contributed by atoms with Gasteiger partial charge in [0.25, 0.3) is 8.32 Å². The van der Waals surface area contributed by atoms with Gasteiger partial charge in [0.15, 0.2) is 0 Å². The lowest BCUT2D eigenvalue weighted by atomic mass is 10.0. The number of benzene rings is 4. The van der Waals surface area contributed by atoms with Gasteiger partial charge in [0.05, 0.1) is 5.69 Å². The van der Waals surface area contributed by atoms with Crippen LogP contribution in [0, 0.1) is 11.6 Å². The van der Waals surface area contributed by atoms with E-state index < -0.39 is 24.8 Å². The summed E-state index contributed by atoms with van der Waals surface area (Å²) in [5, 5.41) is 10.4. The number of thioether (sulfide) groups is 1. The molecule has 49 heavy (non-hydrogen) atoms. The van der Waals surface area contributed by atoms with Gasteiger partial charge in [-0.2, -0.15) is 5.10 Å². The fourth-order valence-corrected chi connectivity index (χ4v) is 14.2. The molecule has 252 valence electrons. The molecule has 2 aliphatic heterocycles. The summed E-state index contributed by atoms with van der Waals surface area (Å²) in [5.41, 5.74) is 2.21. The first-order chi connectivity index (χ1) is 23.6. The van der Waals surface area contributed by atoms with E-state index in [0.717, 1.165) is 42.0 Å². The van der Waals surface area contributed by atoms with Gasteiger partial charge in [0.2, 0.25) is 5.13 Å². The lowest BCUT2D eigenvalue weighted by molar-refractivity contribution is 0.272. The van der Waals surface area contributed by atoms with Crippen molar-refractivity contribution < 1.29 is 13.2 Å². The second-order valence-corrected chi connectivity index (χ2v) is 20.3. The first kappa shape index (κ1) is 33.8. The Bertz CT molecular complexity index is 1910. The van der Waals surface area contributed by atoms with Crippen LogP contribution in [0.15, 0.2) is 114 Å². The summed E-state index contributed by atoms with van der Waals surface area (Å²) in [6.45, 7) is 8.96. The molecule has 5 nitrogen and oxygen atoms in total. The Kier molecular flexibility index (Phi) is 9.36. The number of hydrogen-bond acceptors (Lipinski definition) is 7. The van der Waals surface area contributed by atoms with Crippen LogP contribution in [0.5, 0.6) is 0 Å². The predicted molar refractivity (Wildman–Crippen MR) is 201 cm³/mol. The van der Waals surface area contributed by atoms with E-state index in [2.05, 4.69) is 93.4 Å². The standard InChI is InChI=1S/C39H40F2N4OS2Si/c1-38(2,3)49(30-16-10-6-11-17-30,31-18-12-7-13-19-31)46-25-23-39(28-14-8-5-9-15-28)45(37-42-34-22-24-44(4)27-35(34)47-37)43-36(48-39)32-26-29(40)20-21-33(32)41/h5-21,26H,22-25,27H2,1-4H3. The number of nitrogens with zero attached hydrogens (tertiary/aromatic N) is 4. The molecule has 0 fully saturated rings. The molecular weight excluding hydrogens is 671 g/mol. The van der Waals surface area contributed by atoms with Gasteiger partial charge < -0.3 is 9.33 Å². The zero-order valence-corrected chi connectivity index (χ0v) is 30.8. The molecule has 0 saturated carbocycles. The van der Waals surface area contributed by atoms with Gasteiger partial charge in [-0.1, -0.05) is 135 Å². The van der Waals surface area contributed by atoms with Crippen molar-refractivity contribution >= 4 is 52.0 Å². The summed E-state index contributed by atoms with van der Waals surface area (Å²) in [6, 6.07) is 35.0. The number of rotatable bonds is 9. The highest BCUT2D eigenvalue weighted by molar-refractivity contribution is 8.15. The maximum absolute atomic E-state index is 15.4. The average molecular weight is 711 g/mol. The Morgan fingerprint density at radius 1 is 0.878 bits per heavy atom. The van der Waals surface area contributed by atoms with E-state index in [4.69, 9.17) is 14.5 Å². The summed E-state index contributed by atoms with van der Waals surface area (Å²) in [7, 11) is -0.744. The molecule has 0 radical (unpaired) electrons. The minimum absolute atomic E-state index is 0.141. The van der Waals surface area contributed by atoms with Crippen molar-refractivity contribution in [1.82, 2.24) is 9.88 Å². The number of fused-ring (bicyclic) bond motifs is 1. The minimum Gasteiger partial charge on any atom is -0.407 e. The largest absolute Gasteiger partial charge is 0.407 e. The zero-order valence-electron chi connectivity index (χ0n) is 28.2. The highest BCUT2D eigenvalue weighted by atomic mass is 32.2. The molecule has 0 bridgehead atoms. The Balaban J connectivity index is 1.35. The molecule has 1 unspecified atom stereocenters. The van der Waals surface area contributed by atoms with Gasteiger partial charge >= 0.3 is 0 Å². The predicted octanol–water partition coefficient (Wildman–Crippen LogP) is 8.14. The molecule has 0 aliphatic carbocycles. The molecule has 1 atom stereocenters. The molecule has 0 N–H and O–H groups in total. The number of aromatic nitrogens is 1. The smallest absolute Gasteiger partial charge is 0.261 e. The van der Waals surface area contributed by atoms with E-state index in [1.54, 1.807) is 11.3 Å². The average Bonchev–Trinajstić information content (AvgIpc) is 3.70. The molecular formula is C39H40F2N4OS2Si. The van der Waals surface area contributed by atoms with Gasteiger partial charge in [-0.05, 0) is 46.2 Å². The number of thiazole rings is 1. The summed E-state index contributed by atoms with van der Waals surface area (Å²) in [5.74, 6) is -1.02. The molecule has 2 aliphatic rings. The van der Waals surface area contributed by atoms with Crippen LogP contribution in [0.25, 0.3) is 0 Å². The van der Waals surface area contributed by atoms with Gasteiger partial charge in [0.1, 0.15) is 21.5 Å². The van der Waals surface area contributed by atoms with Crippen molar-refractivity contribution in [2.75, 3.05) is 25.2 Å². The van der Waals surface area contributed by atoms with E-state index in [9.17, 15) is 4.39 Å². The number of halogens is 2. The topological polar surface area (TPSA) is 41.0 Å². The van der Waals surface area contributed by atoms with Crippen molar-refractivity contribution in [1.29, 1.82) is 0 Å². The quantitative estimate of drug-likeness (QED) is 0.145. The maximum atomic E-state index is 15.4. The van der Waals surface area contributed by atoms with E-state index in [1.807, 2.05) is 35.3 Å². The molecule has 0 saturated heterocycles. The first-order valence-corrected chi connectivity index (χ1v) is 20.2. The van der Waals surface area contributed by atoms with E-state index in [-0.39, 0.29) is 10.6 Å². The molecule has 3 heterocycles. The number of hydrazone groups is 1. The summed E-state index contributed by atoms with van der Waals surface area (Å²) in [6.07, 6.45) is 1.37. The lowest BCUT2D eigenvalue weighted by Gasteiger charge is -2.44. The fourth-order valence-electron chi connectivity index (χ4n) is 7.05. The highest BCUT2D eigenvalue weighted by Gasteiger charge is 2.52. The van der Waals surface area contributed by atoms with Crippen LogP contribution < -0.4 is 15.4 Å². The second kappa shape index (κ2) is 13.6. The summed E-state index contributed by atoms with van der Waals surface area (Å²) >= 11 is 3.07. The minimum atomic E-state index is -2.86. The third-order valence-electron chi connectivity index (χ3n) is 9.45. The van der Waals surface area contributed by atoms with Crippen molar-refractivity contribution in [2.24, 2.45) is 5.10 Å². The lowest BCUT2D eigenvalue weighted by Crippen LogP contribution is -2.66. The van der Waals surface area contributed by atoms with Crippen LogP contribution in [0.1, 0.15) is 48.9 Å². The Morgan fingerprint density at radius 2 is 1.51 bits per heavy atom. The molecule has 5 aromatic rings. The van der Waals surface area contributed by atoms with Crippen molar-refractivity contribution in [3.8, 4) is 0 Å². The third kappa shape index (κ3) is 6.29. The van der Waals surface area contributed by atoms with Crippen molar-refractivity contribution in [3.05, 3.63) is 143 Å². The van der Waals surface area contributed by atoms with Crippen molar-refractivity contribution in [3.63, 3.8) is 0 Å². The van der Waals surface area contributed by atoms with E-state index in [1.165, 1.54) is 39.1 Å². The maximum Gasteiger partial charge on any atom is 0.261 e. The highest BCUT2D eigenvalue weighted by Crippen LogP contribution is 2.53. The van der Waals surface area contributed by atoms with Crippen LogP contribution in [-0.2, 0) is 22.3 Å². The van der Waals surface area contributed by atoms with Crippen LogP contribution in [0.4, 0.5) is 13.9 Å². The monoisotopic (exact) mass is 710 g/mol. The molecule has 1 aromatic heterocycles. The van der Waals surface area contributed by atoms with Gasteiger partial charge in [-0.3, -0.25) is 0 Å². The Hall–Kier alpha value is -3.67. The second-order valence-electron chi connectivity index (χ2n) is 13.7. The summed E-state index contributed by atoms with van der Waals surface area (Å²) in [4.78, 5) is 7.81. The van der Waals surface area contributed by atoms with Crippen LogP contribution in [-0.4, -0.2) is 43.4 Å². The number of hydrogen-bond donors (Lipinski definition) is 0. The van der Waals surface area contributed by atoms with Crippen LogP contribution in [0.3, 0.4) is 0 Å². The van der Waals surface area contributed by atoms with Crippen molar-refractivity contribution in [2.45, 2.75) is 50.1 Å². The molecule has 7 rings (SSSR count). The number of likely N-dealkylation sites (N-methyl/N-ethyl adjacent to an activating group) is 1. The summed E-state index contributed by atoms with van der Waals surface area (Å²) < 4.78 is 37.5. The number of anilines is 1. The third-order valence-corrected chi connectivity index (χ3v) is 17.0. The molecule has 0 spiro atoms. The Morgan fingerprint density at radius 3 is 2.14 bits per heavy atom. The zero-order chi connectivity index (χ0) is 34.2. The molecule has 4 aromatic carbocycles.